The number of benzene rings is 1. The third kappa shape index (κ3) is 10.9. The van der Waals surface area contributed by atoms with Crippen molar-refractivity contribution >= 4 is 35.5 Å². The van der Waals surface area contributed by atoms with Gasteiger partial charge in [-0.05, 0) is 31.4 Å². The van der Waals surface area contributed by atoms with Crippen LogP contribution in [0.25, 0.3) is 0 Å². The van der Waals surface area contributed by atoms with Crippen LogP contribution >= 0.6 is 11.8 Å². The fourth-order valence-electron chi connectivity index (χ4n) is 4.27. The van der Waals surface area contributed by atoms with E-state index in [1.807, 2.05) is 30.0 Å². The van der Waals surface area contributed by atoms with E-state index in [0.29, 0.717) is 56.5 Å². The molecule has 1 aromatic carbocycles. The summed E-state index contributed by atoms with van der Waals surface area (Å²) >= 11 is 1.89. The second kappa shape index (κ2) is 16.9. The summed E-state index contributed by atoms with van der Waals surface area (Å²) in [6.07, 6.45) is 3.87. The molecule has 0 aromatic heterocycles. The van der Waals surface area contributed by atoms with Crippen LogP contribution in [0.4, 0.5) is 4.79 Å². The molecule has 5 amide bonds. The Morgan fingerprint density at radius 2 is 1.63 bits per heavy atom. The predicted octanol–water partition coefficient (Wildman–Crippen LogP) is 0.798. The van der Waals surface area contributed by atoms with E-state index in [4.69, 9.17) is 9.47 Å². The van der Waals surface area contributed by atoms with E-state index in [-0.39, 0.29) is 49.1 Å². The van der Waals surface area contributed by atoms with Gasteiger partial charge in [-0.3, -0.25) is 14.4 Å². The van der Waals surface area contributed by atoms with Gasteiger partial charge in [-0.15, -0.1) is 0 Å². The Hall–Kier alpha value is -2.83. The first-order chi connectivity index (χ1) is 18.5. The van der Waals surface area contributed by atoms with Crippen molar-refractivity contribution < 1.29 is 28.7 Å². The van der Waals surface area contributed by atoms with E-state index in [1.165, 1.54) is 0 Å². The number of carbonyl (C=O) groups is 4. The third-order valence-electron chi connectivity index (χ3n) is 6.25. The van der Waals surface area contributed by atoms with Gasteiger partial charge in [0.1, 0.15) is 6.61 Å². The Morgan fingerprint density at radius 1 is 0.868 bits per heavy atom. The van der Waals surface area contributed by atoms with Crippen molar-refractivity contribution in [1.29, 1.82) is 0 Å². The first kappa shape index (κ1) is 29.7. The highest BCUT2D eigenvalue weighted by Crippen LogP contribution is 2.33. The summed E-state index contributed by atoms with van der Waals surface area (Å²) in [6, 6.07) is 9.35. The monoisotopic (exact) mass is 549 g/mol. The topological polar surface area (TPSA) is 147 Å². The summed E-state index contributed by atoms with van der Waals surface area (Å²) in [4.78, 5) is 47.1. The van der Waals surface area contributed by atoms with Gasteiger partial charge in [0.05, 0.1) is 31.9 Å². The van der Waals surface area contributed by atoms with Gasteiger partial charge >= 0.3 is 6.03 Å². The fourth-order valence-corrected chi connectivity index (χ4v) is 5.81. The summed E-state index contributed by atoms with van der Waals surface area (Å²) < 4.78 is 10.7. The van der Waals surface area contributed by atoms with Gasteiger partial charge in [0.25, 0.3) is 5.91 Å². The molecule has 0 bridgehead atoms. The maximum absolute atomic E-state index is 12.0. The highest BCUT2D eigenvalue weighted by molar-refractivity contribution is 8.00. The van der Waals surface area contributed by atoms with Crippen LogP contribution in [-0.4, -0.2) is 92.9 Å². The lowest BCUT2D eigenvalue weighted by molar-refractivity contribution is -0.126. The van der Waals surface area contributed by atoms with Crippen molar-refractivity contribution in [2.45, 2.75) is 49.4 Å². The minimum absolute atomic E-state index is 0.00828. The third-order valence-corrected chi connectivity index (χ3v) is 7.76. The van der Waals surface area contributed by atoms with Crippen LogP contribution in [0.15, 0.2) is 30.3 Å². The summed E-state index contributed by atoms with van der Waals surface area (Å²) in [6.45, 7) is 2.29. The molecule has 2 saturated heterocycles. The lowest BCUT2D eigenvalue weighted by atomic mass is 10.0. The molecule has 0 saturated carbocycles. The smallest absolute Gasteiger partial charge is 0.315 e. The normalized spacial score (nSPS) is 19.8. The largest absolute Gasteiger partial charge is 0.377 e. The molecule has 3 rings (SSSR count). The van der Waals surface area contributed by atoms with Crippen molar-refractivity contribution in [3.63, 3.8) is 0 Å². The molecular weight excluding hydrogens is 510 g/mol. The fraction of sp³-hybridized carbons (Fsp3) is 0.615. The zero-order valence-electron chi connectivity index (χ0n) is 21.7. The molecule has 38 heavy (non-hydrogen) atoms. The molecule has 2 heterocycles. The molecule has 3 atom stereocenters. The second-order valence-corrected chi connectivity index (χ2v) is 10.5. The number of amides is 5. The first-order valence-electron chi connectivity index (χ1n) is 13.2. The zero-order chi connectivity index (χ0) is 27.0. The van der Waals surface area contributed by atoms with Gasteiger partial charge in [0.2, 0.25) is 11.8 Å². The average Bonchev–Trinajstić information content (AvgIpc) is 3.47. The summed E-state index contributed by atoms with van der Waals surface area (Å²) in [7, 11) is 0. The number of urea groups is 1. The molecule has 2 fully saturated rings. The summed E-state index contributed by atoms with van der Waals surface area (Å²) in [5.41, 5.74) is 0.609. The number of fused-ring (bicyclic) bond motifs is 1. The molecule has 12 heteroatoms. The van der Waals surface area contributed by atoms with E-state index >= 15 is 0 Å². The number of thioether (sulfide) groups is 1. The Bertz CT molecular complexity index is 905. The van der Waals surface area contributed by atoms with Gasteiger partial charge in [-0.25, -0.2) is 4.79 Å². The van der Waals surface area contributed by atoms with Crippen LogP contribution in [-0.2, 0) is 19.1 Å². The Morgan fingerprint density at radius 3 is 2.47 bits per heavy atom. The van der Waals surface area contributed by atoms with Crippen LogP contribution in [0, 0.1) is 0 Å². The summed E-state index contributed by atoms with van der Waals surface area (Å²) in [5, 5.41) is 14.7. The van der Waals surface area contributed by atoms with Gasteiger partial charge in [0.15, 0.2) is 0 Å². The van der Waals surface area contributed by atoms with Gasteiger partial charge in [-0.1, -0.05) is 24.6 Å². The predicted molar refractivity (Wildman–Crippen MR) is 145 cm³/mol. The molecular formula is C26H39N5O6S. The Labute approximate surface area is 227 Å². The number of hydrogen-bond donors (Lipinski definition) is 5. The number of ether oxygens (including phenoxy) is 2. The van der Waals surface area contributed by atoms with Crippen LogP contribution in [0.3, 0.4) is 0 Å². The van der Waals surface area contributed by atoms with Crippen molar-refractivity contribution in [3.05, 3.63) is 35.9 Å². The molecule has 5 N–H and O–H groups in total. The van der Waals surface area contributed by atoms with Gasteiger partial charge in [-0.2, -0.15) is 11.8 Å². The lowest BCUT2D eigenvalue weighted by Crippen LogP contribution is -2.36. The molecule has 2 aliphatic rings. The SMILES string of the molecule is O=C(CCCC[C@@H]1SC[C@@H]2NC(=O)N[C@@H]21)NCCOCCOCC(=O)NCCCNC(=O)c1ccccc1. The van der Waals surface area contributed by atoms with Gasteiger partial charge < -0.3 is 36.1 Å². The maximum Gasteiger partial charge on any atom is 0.315 e. The second-order valence-electron chi connectivity index (χ2n) is 9.21. The maximum atomic E-state index is 12.0. The molecule has 11 nitrogen and oxygen atoms in total. The van der Waals surface area contributed by atoms with Crippen LogP contribution < -0.4 is 26.6 Å². The standard InChI is InChI=1S/C26H39N5O6S/c32-22(10-5-4-9-21-24-20(18-38-21)30-26(35)31-24)28-13-14-36-15-16-37-17-23(33)27-11-6-12-29-25(34)19-7-2-1-3-8-19/h1-3,7-8,20-21,24H,4-6,9-18H2,(H,27,33)(H,28,32)(H,29,34)(H2,30,31,35)/t20-,21-,24-/m0/s1. The van der Waals surface area contributed by atoms with Crippen LogP contribution in [0.1, 0.15) is 42.5 Å². The highest BCUT2D eigenvalue weighted by Gasteiger charge is 2.42. The molecule has 2 aliphatic heterocycles. The Balaban J connectivity index is 1.05. The molecule has 0 unspecified atom stereocenters. The minimum atomic E-state index is -0.220. The van der Waals surface area contributed by atoms with Crippen LogP contribution in [0.2, 0.25) is 0 Å². The highest BCUT2D eigenvalue weighted by atomic mass is 32.2. The molecule has 0 radical (unpaired) electrons. The van der Waals surface area contributed by atoms with E-state index in [9.17, 15) is 19.2 Å². The zero-order valence-corrected chi connectivity index (χ0v) is 22.5. The first-order valence-corrected chi connectivity index (χ1v) is 14.3. The quantitative estimate of drug-likeness (QED) is 0.134. The number of carbonyl (C=O) groups excluding carboxylic acids is 4. The molecule has 0 spiro atoms. The van der Waals surface area contributed by atoms with Crippen LogP contribution in [0.5, 0.6) is 0 Å². The van der Waals surface area contributed by atoms with Crippen molar-refractivity contribution in [2.75, 3.05) is 51.8 Å². The van der Waals surface area contributed by atoms with Crippen molar-refractivity contribution in [1.82, 2.24) is 26.6 Å². The number of unbranched alkanes of at least 4 members (excludes halogenated alkanes) is 1. The van der Waals surface area contributed by atoms with E-state index < -0.39 is 0 Å². The summed E-state index contributed by atoms with van der Waals surface area (Å²) in [5.74, 6) is 0.605. The van der Waals surface area contributed by atoms with E-state index in [1.54, 1.807) is 12.1 Å². The van der Waals surface area contributed by atoms with E-state index in [2.05, 4.69) is 26.6 Å². The van der Waals surface area contributed by atoms with Gasteiger partial charge in [0, 0.05) is 42.6 Å². The molecule has 0 aliphatic carbocycles. The van der Waals surface area contributed by atoms with Crippen molar-refractivity contribution in [3.8, 4) is 0 Å². The Kier molecular flexibility index (Phi) is 13.2. The number of hydrogen-bond acceptors (Lipinski definition) is 7. The molecule has 210 valence electrons. The van der Waals surface area contributed by atoms with Crippen molar-refractivity contribution in [2.24, 2.45) is 0 Å². The number of rotatable bonds is 18. The lowest BCUT2D eigenvalue weighted by Gasteiger charge is -2.16. The molecule has 1 aromatic rings. The van der Waals surface area contributed by atoms with E-state index in [0.717, 1.165) is 25.0 Å². The minimum Gasteiger partial charge on any atom is -0.377 e. The average molecular weight is 550 g/mol. The number of nitrogens with one attached hydrogen (secondary N) is 5.